The molecule has 0 saturated heterocycles. The zero-order chi connectivity index (χ0) is 12.6. The summed E-state index contributed by atoms with van der Waals surface area (Å²) in [5.74, 6) is 0.149. The van der Waals surface area contributed by atoms with Gasteiger partial charge in [0.15, 0.2) is 0 Å². The molecule has 0 bridgehead atoms. The molecule has 16 heavy (non-hydrogen) atoms. The molecule has 0 aliphatic carbocycles. The number of benzene rings is 1. The number of methoxy groups -OCH3 is 1. The topological polar surface area (TPSA) is 63.6 Å². The van der Waals surface area contributed by atoms with Gasteiger partial charge in [-0.2, -0.15) is 8.42 Å². The van der Waals surface area contributed by atoms with Gasteiger partial charge in [0.05, 0.1) is 7.11 Å². The van der Waals surface area contributed by atoms with E-state index in [-0.39, 0.29) is 16.1 Å². The quantitative estimate of drug-likeness (QED) is 0.810. The Morgan fingerprint density at radius 3 is 2.19 bits per heavy atom. The molecule has 1 rings (SSSR count). The fourth-order valence-electron chi connectivity index (χ4n) is 1.34. The van der Waals surface area contributed by atoms with Crippen LogP contribution in [0.5, 0.6) is 5.75 Å². The summed E-state index contributed by atoms with van der Waals surface area (Å²) in [5, 5.41) is 0. The van der Waals surface area contributed by atoms with E-state index in [4.69, 9.17) is 9.29 Å². The van der Waals surface area contributed by atoms with Crippen molar-refractivity contribution in [3.05, 3.63) is 23.8 Å². The van der Waals surface area contributed by atoms with Crippen molar-refractivity contribution in [2.24, 2.45) is 0 Å². The molecule has 5 heteroatoms. The Morgan fingerprint density at radius 1 is 1.25 bits per heavy atom. The lowest BCUT2D eigenvalue weighted by Gasteiger charge is -2.20. The summed E-state index contributed by atoms with van der Waals surface area (Å²) in [6.45, 7) is 5.88. The number of rotatable bonds is 2. The molecule has 0 aliphatic heterocycles. The molecule has 0 radical (unpaired) electrons. The summed E-state index contributed by atoms with van der Waals surface area (Å²) in [6.07, 6.45) is 0. The summed E-state index contributed by atoms with van der Waals surface area (Å²) < 4.78 is 36.3. The summed E-state index contributed by atoms with van der Waals surface area (Å²) in [6, 6.07) is 4.77. The molecule has 0 amide bonds. The Balaban J connectivity index is 3.46. The molecule has 0 atom stereocenters. The van der Waals surface area contributed by atoms with Crippen molar-refractivity contribution in [3.8, 4) is 5.75 Å². The molecule has 4 nitrogen and oxygen atoms in total. The average Bonchev–Trinajstić information content (AvgIpc) is 2.14. The lowest BCUT2D eigenvalue weighted by Crippen LogP contribution is -2.12. The van der Waals surface area contributed by atoms with Crippen LogP contribution >= 0.6 is 0 Å². The minimum atomic E-state index is -4.25. The van der Waals surface area contributed by atoms with Crippen molar-refractivity contribution in [1.29, 1.82) is 0 Å². The van der Waals surface area contributed by atoms with E-state index in [0.717, 1.165) is 5.56 Å². The maximum atomic E-state index is 11.2. The standard InChI is InChI=1S/C11H16O4S/c1-11(2,3)8-5-6-9(15-4)10(7-8)16(12,13)14/h5-7H,1-4H3,(H,12,13,14). The third-order valence-corrected chi connectivity index (χ3v) is 3.18. The van der Waals surface area contributed by atoms with E-state index in [1.807, 2.05) is 20.8 Å². The number of hydrogen-bond donors (Lipinski definition) is 1. The molecule has 0 aromatic heterocycles. The molecule has 0 heterocycles. The second-order valence-corrected chi connectivity index (χ2v) is 5.98. The van der Waals surface area contributed by atoms with Crippen LogP contribution in [-0.4, -0.2) is 20.1 Å². The highest BCUT2D eigenvalue weighted by Crippen LogP contribution is 2.30. The first kappa shape index (κ1) is 13.0. The zero-order valence-corrected chi connectivity index (χ0v) is 10.6. The Labute approximate surface area is 96.0 Å². The van der Waals surface area contributed by atoms with E-state index in [2.05, 4.69) is 0 Å². The maximum absolute atomic E-state index is 11.2. The Kier molecular flexibility index (Phi) is 3.30. The third-order valence-electron chi connectivity index (χ3n) is 2.31. The highest BCUT2D eigenvalue weighted by molar-refractivity contribution is 7.86. The van der Waals surface area contributed by atoms with E-state index in [9.17, 15) is 8.42 Å². The Hall–Kier alpha value is -1.07. The highest BCUT2D eigenvalue weighted by atomic mass is 32.2. The molecule has 0 saturated carbocycles. The zero-order valence-electron chi connectivity index (χ0n) is 9.81. The Bertz CT molecular complexity index is 483. The summed E-state index contributed by atoms with van der Waals surface area (Å²) in [5.41, 5.74) is 0.632. The van der Waals surface area contributed by atoms with Crippen molar-refractivity contribution >= 4 is 10.1 Å². The van der Waals surface area contributed by atoms with E-state index < -0.39 is 10.1 Å². The Morgan fingerprint density at radius 2 is 1.81 bits per heavy atom. The minimum Gasteiger partial charge on any atom is -0.495 e. The lowest BCUT2D eigenvalue weighted by atomic mass is 9.87. The van der Waals surface area contributed by atoms with Gasteiger partial charge in [-0.3, -0.25) is 4.55 Å². The van der Waals surface area contributed by atoms with Crippen LogP contribution in [0.3, 0.4) is 0 Å². The molecule has 90 valence electrons. The van der Waals surface area contributed by atoms with Crippen molar-refractivity contribution in [2.45, 2.75) is 31.1 Å². The summed E-state index contributed by atoms with van der Waals surface area (Å²) in [4.78, 5) is -0.192. The van der Waals surface area contributed by atoms with Crippen molar-refractivity contribution < 1.29 is 17.7 Å². The van der Waals surface area contributed by atoms with Crippen LogP contribution in [0.2, 0.25) is 0 Å². The van der Waals surface area contributed by atoms with E-state index in [1.165, 1.54) is 13.2 Å². The summed E-state index contributed by atoms with van der Waals surface area (Å²) in [7, 11) is -2.89. The molecule has 1 N–H and O–H groups in total. The molecule has 0 aliphatic rings. The average molecular weight is 244 g/mol. The lowest BCUT2D eigenvalue weighted by molar-refractivity contribution is 0.396. The van der Waals surface area contributed by atoms with Gasteiger partial charge in [0, 0.05) is 0 Å². The van der Waals surface area contributed by atoms with E-state index in [1.54, 1.807) is 12.1 Å². The predicted octanol–water partition coefficient (Wildman–Crippen LogP) is 2.24. The first-order valence-corrected chi connectivity index (χ1v) is 6.26. The second kappa shape index (κ2) is 4.07. The third kappa shape index (κ3) is 2.74. The minimum absolute atomic E-state index is 0.149. The normalized spacial score (nSPS) is 12.6. The van der Waals surface area contributed by atoms with Gasteiger partial charge in [-0.25, -0.2) is 0 Å². The molecule has 0 fully saturated rings. The van der Waals surface area contributed by atoms with Gasteiger partial charge in [0.1, 0.15) is 10.6 Å². The van der Waals surface area contributed by atoms with Crippen LogP contribution in [0.15, 0.2) is 23.1 Å². The first-order chi connectivity index (χ1) is 7.16. The fraction of sp³-hybridized carbons (Fsp3) is 0.455. The molecule has 1 aromatic rings. The monoisotopic (exact) mass is 244 g/mol. The molecule has 0 unspecified atom stereocenters. The van der Waals surface area contributed by atoms with Crippen LogP contribution in [0, 0.1) is 0 Å². The van der Waals surface area contributed by atoms with Gasteiger partial charge in [-0.05, 0) is 23.1 Å². The molecular weight excluding hydrogens is 228 g/mol. The van der Waals surface area contributed by atoms with Crippen LogP contribution in [0.4, 0.5) is 0 Å². The van der Waals surface area contributed by atoms with Crippen molar-refractivity contribution in [2.75, 3.05) is 7.11 Å². The van der Waals surface area contributed by atoms with E-state index in [0.29, 0.717) is 0 Å². The van der Waals surface area contributed by atoms with Crippen molar-refractivity contribution in [1.82, 2.24) is 0 Å². The highest BCUT2D eigenvalue weighted by Gasteiger charge is 2.21. The van der Waals surface area contributed by atoms with Crippen LogP contribution in [0.1, 0.15) is 26.3 Å². The molecule has 1 aromatic carbocycles. The van der Waals surface area contributed by atoms with Gasteiger partial charge in [0.2, 0.25) is 0 Å². The smallest absolute Gasteiger partial charge is 0.298 e. The van der Waals surface area contributed by atoms with Gasteiger partial charge >= 0.3 is 0 Å². The number of ether oxygens (including phenoxy) is 1. The van der Waals surface area contributed by atoms with Gasteiger partial charge < -0.3 is 4.74 Å². The summed E-state index contributed by atoms with van der Waals surface area (Å²) >= 11 is 0. The maximum Gasteiger partial charge on any atom is 0.298 e. The predicted molar refractivity (Wildman–Crippen MR) is 61.5 cm³/mol. The fourth-order valence-corrected chi connectivity index (χ4v) is 2.03. The van der Waals surface area contributed by atoms with Crippen LogP contribution in [-0.2, 0) is 15.5 Å². The van der Waals surface area contributed by atoms with Crippen LogP contribution in [0.25, 0.3) is 0 Å². The second-order valence-electron chi connectivity index (χ2n) is 4.59. The largest absolute Gasteiger partial charge is 0.495 e. The van der Waals surface area contributed by atoms with Crippen molar-refractivity contribution in [3.63, 3.8) is 0 Å². The number of hydrogen-bond acceptors (Lipinski definition) is 3. The SMILES string of the molecule is COc1ccc(C(C)(C)C)cc1S(=O)(=O)O. The molecular formula is C11H16O4S. The van der Waals surface area contributed by atoms with Crippen LogP contribution < -0.4 is 4.74 Å². The van der Waals surface area contributed by atoms with Gasteiger partial charge in [0.25, 0.3) is 10.1 Å². The van der Waals surface area contributed by atoms with Gasteiger partial charge in [-0.1, -0.05) is 26.8 Å². The molecule has 0 spiro atoms. The van der Waals surface area contributed by atoms with Gasteiger partial charge in [-0.15, -0.1) is 0 Å². The van der Waals surface area contributed by atoms with E-state index >= 15 is 0 Å². The first-order valence-electron chi connectivity index (χ1n) is 4.82.